The van der Waals surface area contributed by atoms with E-state index in [0.717, 1.165) is 50.3 Å². The third-order valence-electron chi connectivity index (χ3n) is 5.26. The molecule has 0 heterocycles. The molecule has 0 aromatic heterocycles. The van der Waals surface area contributed by atoms with Gasteiger partial charge in [-0.3, -0.25) is 9.59 Å². The molecule has 31 heavy (non-hydrogen) atoms. The predicted octanol–water partition coefficient (Wildman–Crippen LogP) is 7.20. The van der Waals surface area contributed by atoms with Crippen LogP contribution in [0.1, 0.15) is 54.1 Å². The number of hydrogen-bond acceptors (Lipinski definition) is 2. The van der Waals surface area contributed by atoms with E-state index in [0.29, 0.717) is 0 Å². The molecule has 3 rings (SSSR count). The monoisotopic (exact) mass is 496 g/mol. The Morgan fingerprint density at radius 3 is 1.84 bits per heavy atom. The van der Waals surface area contributed by atoms with E-state index >= 15 is 0 Å². The zero-order valence-electron chi connectivity index (χ0n) is 19.1. The van der Waals surface area contributed by atoms with Gasteiger partial charge in [-0.15, -0.1) is 0 Å². The molecule has 0 radical (unpaired) electrons. The standard InChI is InChI=1S/C17H18BrOP.C10H12O/c1-12-9-14(11-18)10-13(2)16(12)17(19)20(3)15-7-5-4-6-8-15;1-7-4-8(2)10(6-11)9(3)5-7/h4-10H,11H2,1-3H3;4-6H,1-3H3. The van der Waals surface area contributed by atoms with Gasteiger partial charge in [0, 0.05) is 16.5 Å². The summed E-state index contributed by atoms with van der Waals surface area (Å²) in [5.74, 6) is 0. The zero-order valence-corrected chi connectivity index (χ0v) is 21.6. The summed E-state index contributed by atoms with van der Waals surface area (Å²) in [6.07, 6.45) is 0.921. The largest absolute Gasteiger partial charge is 0.298 e. The van der Waals surface area contributed by atoms with Crippen molar-refractivity contribution in [3.8, 4) is 0 Å². The maximum atomic E-state index is 12.8. The molecule has 0 saturated heterocycles. The van der Waals surface area contributed by atoms with E-state index in [-0.39, 0.29) is 5.52 Å². The fraction of sp³-hybridized carbons (Fsp3) is 0.259. The Bertz CT molecular complexity index is 1030. The summed E-state index contributed by atoms with van der Waals surface area (Å²) in [7, 11) is -0.810. The van der Waals surface area contributed by atoms with Gasteiger partial charge in [0.1, 0.15) is 0 Å². The number of alkyl halides is 1. The Balaban J connectivity index is 0.000000262. The molecule has 0 aliphatic heterocycles. The second kappa shape index (κ2) is 11.5. The molecule has 0 aliphatic carbocycles. The number of aldehydes is 1. The van der Waals surface area contributed by atoms with Crippen LogP contribution in [0.4, 0.5) is 0 Å². The van der Waals surface area contributed by atoms with Gasteiger partial charge >= 0.3 is 0 Å². The van der Waals surface area contributed by atoms with Gasteiger partial charge in [0.15, 0.2) is 11.8 Å². The lowest BCUT2D eigenvalue weighted by molar-refractivity contribution is 0.108. The van der Waals surface area contributed by atoms with Crippen LogP contribution < -0.4 is 5.30 Å². The van der Waals surface area contributed by atoms with Crippen molar-refractivity contribution >= 4 is 41.0 Å². The van der Waals surface area contributed by atoms with Gasteiger partial charge in [-0.1, -0.05) is 76.1 Å². The lowest BCUT2D eigenvalue weighted by Gasteiger charge is -2.16. The van der Waals surface area contributed by atoms with Crippen molar-refractivity contribution in [1.82, 2.24) is 0 Å². The van der Waals surface area contributed by atoms with Gasteiger partial charge < -0.3 is 0 Å². The van der Waals surface area contributed by atoms with Gasteiger partial charge in [0.05, 0.1) is 0 Å². The van der Waals surface area contributed by atoms with Crippen LogP contribution in [0.3, 0.4) is 0 Å². The summed E-state index contributed by atoms with van der Waals surface area (Å²) in [5.41, 5.74) is 8.71. The van der Waals surface area contributed by atoms with E-state index in [9.17, 15) is 9.59 Å². The maximum absolute atomic E-state index is 12.8. The number of carbonyl (C=O) groups is 2. The van der Waals surface area contributed by atoms with E-state index in [1.165, 1.54) is 11.1 Å². The number of benzene rings is 3. The molecule has 3 aromatic carbocycles. The normalized spacial score (nSPS) is 11.3. The second-order valence-electron chi connectivity index (χ2n) is 7.87. The summed E-state index contributed by atoms with van der Waals surface area (Å²) in [6.45, 7) is 12.1. The van der Waals surface area contributed by atoms with Gasteiger partial charge in [-0.05, 0) is 82.3 Å². The smallest absolute Gasteiger partial charge is 0.188 e. The average Bonchev–Trinajstić information content (AvgIpc) is 2.73. The minimum atomic E-state index is -0.810. The molecule has 0 N–H and O–H groups in total. The molecular weight excluding hydrogens is 467 g/mol. The fourth-order valence-electron chi connectivity index (χ4n) is 3.78. The minimum absolute atomic E-state index is 0.266. The van der Waals surface area contributed by atoms with Crippen LogP contribution >= 0.6 is 23.9 Å². The third kappa shape index (κ3) is 6.45. The first kappa shape index (κ1) is 25.2. The SMILES string of the molecule is Cc1cc(C)c(C=O)c(C)c1.Cc1cc(CBr)cc(C)c1C(=O)P(C)c1ccccc1. The predicted molar refractivity (Wildman–Crippen MR) is 138 cm³/mol. The first-order chi connectivity index (χ1) is 14.7. The molecule has 0 saturated carbocycles. The summed E-state index contributed by atoms with van der Waals surface area (Å²) in [4.78, 5) is 23.4. The highest BCUT2D eigenvalue weighted by molar-refractivity contribution is 9.08. The van der Waals surface area contributed by atoms with Crippen molar-refractivity contribution in [1.29, 1.82) is 0 Å². The lowest BCUT2D eigenvalue weighted by Crippen LogP contribution is -2.10. The first-order valence-corrected chi connectivity index (χ1v) is 13.1. The van der Waals surface area contributed by atoms with Gasteiger partial charge in [-0.2, -0.15) is 0 Å². The highest BCUT2D eigenvalue weighted by atomic mass is 79.9. The average molecular weight is 497 g/mol. The summed E-state index contributed by atoms with van der Waals surface area (Å²) in [6, 6.07) is 18.3. The Morgan fingerprint density at radius 1 is 0.871 bits per heavy atom. The van der Waals surface area contributed by atoms with E-state index in [1.54, 1.807) is 0 Å². The molecule has 0 amide bonds. The van der Waals surface area contributed by atoms with Crippen LogP contribution in [0.25, 0.3) is 0 Å². The molecule has 162 valence electrons. The van der Waals surface area contributed by atoms with Crippen molar-refractivity contribution < 1.29 is 9.59 Å². The first-order valence-electron chi connectivity index (χ1n) is 10.2. The van der Waals surface area contributed by atoms with E-state index in [1.807, 2.05) is 83.7 Å². The Morgan fingerprint density at radius 2 is 1.39 bits per heavy atom. The van der Waals surface area contributed by atoms with Crippen molar-refractivity contribution in [3.05, 3.63) is 99.1 Å². The molecule has 0 aliphatic rings. The quantitative estimate of drug-likeness (QED) is 0.212. The van der Waals surface area contributed by atoms with Crippen molar-refractivity contribution in [2.24, 2.45) is 0 Å². The van der Waals surface area contributed by atoms with E-state index in [4.69, 9.17) is 0 Å². The van der Waals surface area contributed by atoms with Gasteiger partial charge in [-0.25, -0.2) is 0 Å². The van der Waals surface area contributed by atoms with Crippen LogP contribution in [0.2, 0.25) is 0 Å². The van der Waals surface area contributed by atoms with Crippen molar-refractivity contribution in [3.63, 3.8) is 0 Å². The summed E-state index contributed by atoms with van der Waals surface area (Å²) < 4.78 is 0. The van der Waals surface area contributed by atoms with Crippen LogP contribution in [0, 0.1) is 34.6 Å². The number of aryl methyl sites for hydroxylation is 5. The molecular formula is C27H30BrO2P. The second-order valence-corrected chi connectivity index (χ2v) is 10.5. The number of halogens is 1. The summed E-state index contributed by atoms with van der Waals surface area (Å²) >= 11 is 3.47. The Kier molecular flexibility index (Phi) is 9.34. The molecule has 4 heteroatoms. The molecule has 0 fully saturated rings. The van der Waals surface area contributed by atoms with Crippen molar-refractivity contribution in [2.75, 3.05) is 6.66 Å². The molecule has 1 atom stereocenters. The molecule has 0 spiro atoms. The molecule has 1 unspecified atom stereocenters. The van der Waals surface area contributed by atoms with Crippen LogP contribution in [0.5, 0.6) is 0 Å². The maximum Gasteiger partial charge on any atom is 0.188 e. The molecule has 2 nitrogen and oxygen atoms in total. The zero-order chi connectivity index (χ0) is 23.1. The summed E-state index contributed by atoms with van der Waals surface area (Å²) in [5, 5.41) is 1.96. The highest BCUT2D eigenvalue weighted by Gasteiger charge is 2.20. The number of rotatable bonds is 5. The molecule has 3 aromatic rings. The van der Waals surface area contributed by atoms with E-state index < -0.39 is 7.92 Å². The minimum Gasteiger partial charge on any atom is -0.298 e. The Hall–Kier alpha value is -2.09. The van der Waals surface area contributed by atoms with Gasteiger partial charge in [0.25, 0.3) is 0 Å². The number of carbonyl (C=O) groups excluding carboxylic acids is 2. The lowest BCUT2D eigenvalue weighted by atomic mass is 10.0. The van der Waals surface area contributed by atoms with Crippen molar-refractivity contribution in [2.45, 2.75) is 39.9 Å². The topological polar surface area (TPSA) is 34.1 Å². The Labute approximate surface area is 196 Å². The number of hydrogen-bond donors (Lipinski definition) is 0. The van der Waals surface area contributed by atoms with Crippen LogP contribution in [0.15, 0.2) is 54.6 Å². The van der Waals surface area contributed by atoms with Gasteiger partial charge in [0.2, 0.25) is 0 Å². The fourth-order valence-corrected chi connectivity index (χ4v) is 5.65. The molecule has 0 bridgehead atoms. The highest BCUT2D eigenvalue weighted by Crippen LogP contribution is 2.36. The van der Waals surface area contributed by atoms with Crippen LogP contribution in [-0.4, -0.2) is 18.5 Å². The van der Waals surface area contributed by atoms with Crippen LogP contribution in [-0.2, 0) is 5.33 Å². The third-order valence-corrected chi connectivity index (χ3v) is 7.82. The van der Waals surface area contributed by atoms with E-state index in [2.05, 4.69) is 28.1 Å².